The molecule has 2 aliphatic heterocycles. The van der Waals surface area contributed by atoms with E-state index in [1.165, 1.54) is 0 Å². The minimum Gasteiger partial charge on any atom is -0.325 e. The summed E-state index contributed by atoms with van der Waals surface area (Å²) in [4.78, 5) is 23.6. The summed E-state index contributed by atoms with van der Waals surface area (Å²) < 4.78 is 0. The fraction of sp³-hybridized carbons (Fsp3) is 0.429. The molecule has 5 nitrogen and oxygen atoms in total. The first-order valence-electron chi connectivity index (χ1n) is 6.71. The van der Waals surface area contributed by atoms with Gasteiger partial charge in [-0.1, -0.05) is 18.5 Å². The first-order valence-corrected chi connectivity index (χ1v) is 7.09. The molecule has 0 aliphatic carbocycles. The van der Waals surface area contributed by atoms with Crippen molar-refractivity contribution in [3.63, 3.8) is 0 Å². The van der Waals surface area contributed by atoms with Crippen molar-refractivity contribution in [2.24, 2.45) is 5.92 Å². The molecular weight excluding hydrogens is 278 g/mol. The Hall–Kier alpha value is -1.59. The maximum atomic E-state index is 12.2. The molecule has 1 aromatic rings. The van der Waals surface area contributed by atoms with Crippen molar-refractivity contribution < 1.29 is 9.59 Å². The van der Waals surface area contributed by atoms with Crippen LogP contribution in [0.1, 0.15) is 18.9 Å². The number of hydrogen-bond donors (Lipinski definition) is 3. The summed E-state index contributed by atoms with van der Waals surface area (Å²) in [5.74, 6) is 0.186. The summed E-state index contributed by atoms with van der Waals surface area (Å²) in [6.45, 7) is 2.91. The number of nitrogens with one attached hydrogen (secondary N) is 3. The van der Waals surface area contributed by atoms with E-state index < -0.39 is 0 Å². The number of carbonyl (C=O) groups is 2. The van der Waals surface area contributed by atoms with Crippen molar-refractivity contribution in [3.05, 3.63) is 22.7 Å². The molecule has 1 fully saturated rings. The van der Waals surface area contributed by atoms with E-state index in [0.717, 1.165) is 24.2 Å². The second kappa shape index (κ2) is 5.07. The largest absolute Gasteiger partial charge is 0.325 e. The molecule has 3 rings (SSSR count). The molecular formula is C14H16ClN3O2. The number of hydrogen-bond acceptors (Lipinski definition) is 3. The van der Waals surface area contributed by atoms with E-state index in [0.29, 0.717) is 23.0 Å². The Morgan fingerprint density at radius 2 is 2.25 bits per heavy atom. The summed E-state index contributed by atoms with van der Waals surface area (Å²) >= 11 is 6.16. The zero-order chi connectivity index (χ0) is 14.3. The number of benzene rings is 1. The van der Waals surface area contributed by atoms with Crippen molar-refractivity contribution >= 4 is 34.8 Å². The standard InChI is InChI=1S/C14H16ClN3O2/c1-7-2-3-16-13(7)14(20)18-11-4-8-5-12(19)17-10(8)6-9(11)15/h4,6-7,13,16H,2-3,5H2,1H3,(H,17,19)(H,18,20). The van der Waals surface area contributed by atoms with Crippen LogP contribution in [0.4, 0.5) is 11.4 Å². The van der Waals surface area contributed by atoms with Gasteiger partial charge in [0.15, 0.2) is 0 Å². The third kappa shape index (κ3) is 2.39. The maximum Gasteiger partial charge on any atom is 0.241 e. The lowest BCUT2D eigenvalue weighted by molar-refractivity contribution is -0.118. The highest BCUT2D eigenvalue weighted by molar-refractivity contribution is 6.34. The Morgan fingerprint density at radius 3 is 2.95 bits per heavy atom. The van der Waals surface area contributed by atoms with Crippen molar-refractivity contribution in [1.82, 2.24) is 5.32 Å². The van der Waals surface area contributed by atoms with Crippen LogP contribution in [0, 0.1) is 5.92 Å². The zero-order valence-corrected chi connectivity index (χ0v) is 11.9. The number of amides is 2. The zero-order valence-electron chi connectivity index (χ0n) is 11.1. The highest BCUT2D eigenvalue weighted by atomic mass is 35.5. The second-order valence-corrected chi connectivity index (χ2v) is 5.81. The molecule has 2 unspecified atom stereocenters. The van der Waals surface area contributed by atoms with Crippen molar-refractivity contribution in [3.8, 4) is 0 Å². The molecule has 0 saturated carbocycles. The minimum atomic E-state index is -0.181. The average Bonchev–Trinajstić information content (AvgIpc) is 2.94. The van der Waals surface area contributed by atoms with E-state index in [4.69, 9.17) is 11.6 Å². The van der Waals surface area contributed by atoms with Gasteiger partial charge in [-0.25, -0.2) is 0 Å². The molecule has 2 aliphatic rings. The monoisotopic (exact) mass is 293 g/mol. The van der Waals surface area contributed by atoms with Crippen LogP contribution in [-0.2, 0) is 16.0 Å². The van der Waals surface area contributed by atoms with E-state index in [2.05, 4.69) is 22.9 Å². The van der Waals surface area contributed by atoms with Crippen molar-refractivity contribution in [1.29, 1.82) is 0 Å². The Labute approximate surface area is 122 Å². The Balaban J connectivity index is 1.79. The second-order valence-electron chi connectivity index (χ2n) is 5.40. The topological polar surface area (TPSA) is 70.2 Å². The molecule has 0 bridgehead atoms. The number of fused-ring (bicyclic) bond motifs is 1. The lowest BCUT2D eigenvalue weighted by atomic mass is 10.0. The molecule has 2 amide bonds. The minimum absolute atomic E-state index is 0.0503. The molecule has 0 radical (unpaired) electrons. The Kier molecular flexibility index (Phi) is 3.40. The Morgan fingerprint density at radius 1 is 1.45 bits per heavy atom. The molecule has 1 aromatic carbocycles. The van der Waals surface area contributed by atoms with Crippen LogP contribution in [0.15, 0.2) is 12.1 Å². The van der Waals surface area contributed by atoms with Crippen LogP contribution in [-0.4, -0.2) is 24.4 Å². The van der Waals surface area contributed by atoms with Gasteiger partial charge >= 0.3 is 0 Å². The molecule has 6 heteroatoms. The van der Waals surface area contributed by atoms with Gasteiger partial charge in [-0.3, -0.25) is 9.59 Å². The van der Waals surface area contributed by atoms with Gasteiger partial charge in [-0.2, -0.15) is 0 Å². The van der Waals surface area contributed by atoms with Gasteiger partial charge < -0.3 is 16.0 Å². The lowest BCUT2D eigenvalue weighted by Crippen LogP contribution is -2.39. The summed E-state index contributed by atoms with van der Waals surface area (Å²) in [6.07, 6.45) is 1.32. The van der Waals surface area contributed by atoms with Gasteiger partial charge in [0.1, 0.15) is 0 Å². The van der Waals surface area contributed by atoms with Crippen LogP contribution < -0.4 is 16.0 Å². The number of anilines is 2. The van der Waals surface area contributed by atoms with Crippen LogP contribution in [0.3, 0.4) is 0 Å². The molecule has 1 saturated heterocycles. The SMILES string of the molecule is CC1CCNC1C(=O)Nc1cc2c(cc1Cl)NC(=O)C2. The molecule has 106 valence electrons. The lowest BCUT2D eigenvalue weighted by Gasteiger charge is -2.16. The smallest absolute Gasteiger partial charge is 0.241 e. The van der Waals surface area contributed by atoms with Gasteiger partial charge in [-0.15, -0.1) is 0 Å². The van der Waals surface area contributed by atoms with E-state index in [-0.39, 0.29) is 17.9 Å². The van der Waals surface area contributed by atoms with E-state index in [9.17, 15) is 9.59 Å². The summed E-state index contributed by atoms with van der Waals surface area (Å²) in [5, 5.41) is 9.21. The van der Waals surface area contributed by atoms with Gasteiger partial charge in [0, 0.05) is 5.69 Å². The maximum absolute atomic E-state index is 12.2. The van der Waals surface area contributed by atoms with E-state index in [1.54, 1.807) is 12.1 Å². The Bertz CT molecular complexity index is 588. The number of rotatable bonds is 2. The molecule has 0 aromatic heterocycles. The molecule has 3 N–H and O–H groups in total. The number of carbonyl (C=O) groups excluding carboxylic acids is 2. The van der Waals surface area contributed by atoms with E-state index in [1.807, 2.05) is 0 Å². The van der Waals surface area contributed by atoms with E-state index >= 15 is 0 Å². The van der Waals surface area contributed by atoms with Crippen molar-refractivity contribution in [2.45, 2.75) is 25.8 Å². The van der Waals surface area contributed by atoms with Crippen molar-refractivity contribution in [2.75, 3.05) is 17.2 Å². The van der Waals surface area contributed by atoms with Crippen LogP contribution in [0.25, 0.3) is 0 Å². The van der Waals surface area contributed by atoms with Crippen LogP contribution in [0.2, 0.25) is 5.02 Å². The van der Waals surface area contributed by atoms with Crippen LogP contribution in [0.5, 0.6) is 0 Å². The summed E-state index contributed by atoms with van der Waals surface area (Å²) in [5.41, 5.74) is 2.15. The summed E-state index contributed by atoms with van der Waals surface area (Å²) in [6, 6.07) is 3.27. The number of halogens is 1. The van der Waals surface area contributed by atoms with Gasteiger partial charge in [-0.05, 0) is 36.6 Å². The average molecular weight is 294 g/mol. The van der Waals surface area contributed by atoms with Gasteiger partial charge in [0.2, 0.25) is 11.8 Å². The third-order valence-electron chi connectivity index (χ3n) is 3.89. The van der Waals surface area contributed by atoms with Gasteiger partial charge in [0.25, 0.3) is 0 Å². The highest BCUT2D eigenvalue weighted by Gasteiger charge is 2.30. The van der Waals surface area contributed by atoms with Gasteiger partial charge in [0.05, 0.1) is 23.2 Å². The first kappa shape index (κ1) is 13.4. The first-order chi connectivity index (χ1) is 9.54. The van der Waals surface area contributed by atoms with Crippen LogP contribution >= 0.6 is 11.6 Å². The molecule has 20 heavy (non-hydrogen) atoms. The predicted octanol–water partition coefficient (Wildman–Crippen LogP) is 1.77. The molecule has 0 spiro atoms. The quantitative estimate of drug-likeness (QED) is 0.778. The fourth-order valence-corrected chi connectivity index (χ4v) is 2.95. The predicted molar refractivity (Wildman–Crippen MR) is 78.0 cm³/mol. The third-order valence-corrected chi connectivity index (χ3v) is 4.20. The summed E-state index contributed by atoms with van der Waals surface area (Å²) in [7, 11) is 0. The molecule has 2 heterocycles. The normalized spacial score (nSPS) is 24.4. The fourth-order valence-electron chi connectivity index (χ4n) is 2.74. The highest BCUT2D eigenvalue weighted by Crippen LogP contribution is 2.33. The molecule has 2 atom stereocenters.